The van der Waals surface area contributed by atoms with Crippen molar-refractivity contribution in [2.45, 2.75) is 6.92 Å². The average Bonchev–Trinajstić information content (AvgIpc) is 2.74. The molecular weight excluding hydrogens is 366 g/mol. The van der Waals surface area contributed by atoms with Crippen LogP contribution in [0.4, 0.5) is 5.69 Å². The molecule has 2 N–H and O–H groups in total. The van der Waals surface area contributed by atoms with Crippen LogP contribution in [0.5, 0.6) is 5.75 Å². The highest BCUT2D eigenvalue weighted by Gasteiger charge is 2.07. The Labute approximate surface area is 169 Å². The van der Waals surface area contributed by atoms with Gasteiger partial charge >= 0.3 is 0 Å². The molecular formula is C23H21N3O3. The molecule has 3 aromatic carbocycles. The van der Waals surface area contributed by atoms with Crippen molar-refractivity contribution in [3.63, 3.8) is 0 Å². The van der Waals surface area contributed by atoms with Gasteiger partial charge < -0.3 is 10.1 Å². The van der Waals surface area contributed by atoms with Gasteiger partial charge in [-0.15, -0.1) is 0 Å². The number of para-hydroxylation sites is 1. The van der Waals surface area contributed by atoms with E-state index < -0.39 is 0 Å². The molecule has 0 saturated carbocycles. The van der Waals surface area contributed by atoms with Crippen LogP contribution >= 0.6 is 0 Å². The number of carbonyl (C=O) groups excluding carboxylic acids is 2. The minimum Gasteiger partial charge on any atom is -0.483 e. The summed E-state index contributed by atoms with van der Waals surface area (Å²) in [6, 6.07) is 24.5. The van der Waals surface area contributed by atoms with Crippen LogP contribution in [-0.2, 0) is 9.59 Å². The quantitative estimate of drug-likeness (QED) is 0.477. The molecule has 0 aromatic heterocycles. The van der Waals surface area contributed by atoms with E-state index in [0.29, 0.717) is 11.4 Å². The van der Waals surface area contributed by atoms with Crippen LogP contribution in [0.1, 0.15) is 12.5 Å². The van der Waals surface area contributed by atoms with Crippen molar-refractivity contribution in [2.75, 3.05) is 11.9 Å². The topological polar surface area (TPSA) is 79.8 Å². The van der Waals surface area contributed by atoms with Crippen molar-refractivity contribution < 1.29 is 14.3 Å². The van der Waals surface area contributed by atoms with Gasteiger partial charge in [0.15, 0.2) is 6.61 Å². The number of hydrogen-bond acceptors (Lipinski definition) is 4. The summed E-state index contributed by atoms with van der Waals surface area (Å²) in [6.07, 6.45) is 1.52. The highest BCUT2D eigenvalue weighted by Crippen LogP contribution is 2.29. The predicted molar refractivity (Wildman–Crippen MR) is 114 cm³/mol. The van der Waals surface area contributed by atoms with E-state index >= 15 is 0 Å². The molecule has 0 heterocycles. The zero-order valence-corrected chi connectivity index (χ0v) is 16.0. The van der Waals surface area contributed by atoms with Crippen LogP contribution in [-0.4, -0.2) is 24.6 Å². The van der Waals surface area contributed by atoms with Gasteiger partial charge in [0.25, 0.3) is 5.91 Å². The Morgan fingerprint density at radius 3 is 2.34 bits per heavy atom. The molecule has 0 atom stereocenters. The lowest BCUT2D eigenvalue weighted by molar-refractivity contribution is -0.123. The van der Waals surface area contributed by atoms with Crippen LogP contribution in [0.2, 0.25) is 0 Å². The minimum atomic E-state index is -0.362. The second kappa shape index (κ2) is 9.85. The van der Waals surface area contributed by atoms with Gasteiger partial charge in [0.05, 0.1) is 6.21 Å². The van der Waals surface area contributed by atoms with Crippen LogP contribution in [0.25, 0.3) is 11.1 Å². The number of hydrazone groups is 1. The summed E-state index contributed by atoms with van der Waals surface area (Å²) in [7, 11) is 0. The van der Waals surface area contributed by atoms with E-state index in [0.717, 1.165) is 16.7 Å². The third kappa shape index (κ3) is 6.04. The smallest absolute Gasteiger partial charge is 0.277 e. The fraction of sp³-hybridized carbons (Fsp3) is 0.0870. The van der Waals surface area contributed by atoms with Gasteiger partial charge in [0.2, 0.25) is 5.91 Å². The van der Waals surface area contributed by atoms with Crippen LogP contribution in [0.3, 0.4) is 0 Å². The van der Waals surface area contributed by atoms with Crippen molar-refractivity contribution in [3.8, 4) is 16.9 Å². The third-order valence-corrected chi connectivity index (χ3v) is 3.96. The molecule has 0 aliphatic heterocycles. The fourth-order valence-corrected chi connectivity index (χ4v) is 2.66. The van der Waals surface area contributed by atoms with E-state index in [1.165, 1.54) is 13.1 Å². The molecule has 0 saturated heterocycles. The Morgan fingerprint density at radius 2 is 1.62 bits per heavy atom. The SMILES string of the molecule is CC(=O)Nc1ccc(/C=N/NC(=O)COc2ccccc2-c2ccccc2)cc1. The van der Waals surface area contributed by atoms with Gasteiger partial charge in [-0.3, -0.25) is 9.59 Å². The first-order valence-corrected chi connectivity index (χ1v) is 9.08. The lowest BCUT2D eigenvalue weighted by atomic mass is 10.1. The molecule has 6 heteroatoms. The Morgan fingerprint density at radius 1 is 0.931 bits per heavy atom. The highest BCUT2D eigenvalue weighted by atomic mass is 16.5. The number of benzene rings is 3. The molecule has 0 bridgehead atoms. The summed E-state index contributed by atoms with van der Waals surface area (Å²) in [5, 5.41) is 6.62. The molecule has 0 spiro atoms. The standard InChI is InChI=1S/C23H21N3O3/c1-17(27)25-20-13-11-18(12-14-20)15-24-26-23(28)16-29-22-10-6-5-9-21(22)19-7-3-2-4-8-19/h2-15H,16H2,1H3,(H,25,27)(H,26,28)/b24-15+. The van der Waals surface area contributed by atoms with Crippen molar-refractivity contribution in [1.82, 2.24) is 5.43 Å². The maximum Gasteiger partial charge on any atom is 0.277 e. The largest absolute Gasteiger partial charge is 0.483 e. The zero-order valence-electron chi connectivity index (χ0n) is 16.0. The van der Waals surface area contributed by atoms with Crippen molar-refractivity contribution in [3.05, 3.63) is 84.4 Å². The molecule has 146 valence electrons. The second-order valence-corrected chi connectivity index (χ2v) is 6.25. The molecule has 0 radical (unpaired) electrons. The molecule has 6 nitrogen and oxygen atoms in total. The number of rotatable bonds is 7. The molecule has 3 aromatic rings. The Bertz CT molecular complexity index is 999. The summed E-state index contributed by atoms with van der Waals surface area (Å²) in [5.74, 6) is 0.137. The van der Waals surface area contributed by atoms with Crippen LogP contribution in [0.15, 0.2) is 84.0 Å². The molecule has 0 aliphatic carbocycles. The Hall–Kier alpha value is -3.93. The number of ether oxygens (including phenoxy) is 1. The van der Waals surface area contributed by atoms with Crippen LogP contribution < -0.4 is 15.5 Å². The summed E-state index contributed by atoms with van der Waals surface area (Å²) >= 11 is 0. The molecule has 2 amide bonds. The first-order chi connectivity index (χ1) is 14.1. The van der Waals surface area contributed by atoms with Gasteiger partial charge in [-0.05, 0) is 29.3 Å². The van der Waals surface area contributed by atoms with E-state index in [1.807, 2.05) is 54.6 Å². The first-order valence-electron chi connectivity index (χ1n) is 9.08. The fourth-order valence-electron chi connectivity index (χ4n) is 2.66. The van der Waals surface area contributed by atoms with Crippen molar-refractivity contribution in [2.24, 2.45) is 5.10 Å². The number of amides is 2. The second-order valence-electron chi connectivity index (χ2n) is 6.25. The predicted octanol–water partition coefficient (Wildman–Crippen LogP) is 3.84. The average molecular weight is 387 g/mol. The number of carbonyl (C=O) groups is 2. The number of nitrogens with one attached hydrogen (secondary N) is 2. The van der Waals surface area contributed by atoms with Gasteiger partial charge in [0.1, 0.15) is 5.75 Å². The summed E-state index contributed by atoms with van der Waals surface area (Å²) < 4.78 is 5.68. The molecule has 0 unspecified atom stereocenters. The van der Waals surface area contributed by atoms with Gasteiger partial charge in [0, 0.05) is 18.2 Å². The monoisotopic (exact) mass is 387 g/mol. The van der Waals surface area contributed by atoms with E-state index in [4.69, 9.17) is 4.74 Å². The minimum absolute atomic E-state index is 0.132. The van der Waals surface area contributed by atoms with Gasteiger partial charge in [-0.2, -0.15) is 5.10 Å². The number of anilines is 1. The van der Waals surface area contributed by atoms with E-state index in [1.54, 1.807) is 24.3 Å². The lowest BCUT2D eigenvalue weighted by Gasteiger charge is -2.10. The lowest BCUT2D eigenvalue weighted by Crippen LogP contribution is -2.24. The molecule has 3 rings (SSSR count). The maximum atomic E-state index is 12.0. The van der Waals surface area contributed by atoms with Crippen LogP contribution in [0, 0.1) is 0 Å². The summed E-state index contributed by atoms with van der Waals surface area (Å²) in [5.41, 5.74) is 5.87. The number of nitrogens with zero attached hydrogens (tertiary/aromatic N) is 1. The van der Waals surface area contributed by atoms with E-state index in [2.05, 4.69) is 15.8 Å². The molecule has 0 fully saturated rings. The number of hydrogen-bond donors (Lipinski definition) is 2. The Kier molecular flexibility index (Phi) is 6.73. The van der Waals surface area contributed by atoms with Gasteiger partial charge in [-0.25, -0.2) is 5.43 Å². The molecule has 29 heavy (non-hydrogen) atoms. The van der Waals surface area contributed by atoms with E-state index in [9.17, 15) is 9.59 Å². The van der Waals surface area contributed by atoms with Gasteiger partial charge in [-0.1, -0.05) is 60.7 Å². The zero-order chi connectivity index (χ0) is 20.5. The summed E-state index contributed by atoms with van der Waals surface area (Å²) in [4.78, 5) is 23.0. The molecule has 0 aliphatic rings. The van der Waals surface area contributed by atoms with Crippen molar-refractivity contribution in [1.29, 1.82) is 0 Å². The first kappa shape index (κ1) is 19.8. The normalized spacial score (nSPS) is 10.5. The summed E-state index contributed by atoms with van der Waals surface area (Å²) in [6.45, 7) is 1.30. The highest BCUT2D eigenvalue weighted by molar-refractivity contribution is 5.89. The van der Waals surface area contributed by atoms with E-state index in [-0.39, 0.29) is 18.4 Å². The third-order valence-electron chi connectivity index (χ3n) is 3.96. The maximum absolute atomic E-state index is 12.0. The van der Waals surface area contributed by atoms with Crippen molar-refractivity contribution >= 4 is 23.7 Å². The Balaban J connectivity index is 1.53.